The van der Waals surface area contributed by atoms with Gasteiger partial charge in [-0.3, -0.25) is 4.68 Å². The molecule has 2 N–H and O–H groups in total. The summed E-state index contributed by atoms with van der Waals surface area (Å²) in [5.74, 6) is 1.02. The SMILES string of the molecule is Cc1nn(C)c(C)c1CCC(N)c1ccc2c(c1)CCO2. The van der Waals surface area contributed by atoms with Crippen molar-refractivity contribution in [1.29, 1.82) is 0 Å². The van der Waals surface area contributed by atoms with Gasteiger partial charge in [-0.25, -0.2) is 0 Å². The Balaban J connectivity index is 1.70. The average Bonchev–Trinajstić information content (AvgIpc) is 3.02. The number of hydrogen-bond donors (Lipinski definition) is 1. The molecule has 2 heterocycles. The Morgan fingerprint density at radius 1 is 1.38 bits per heavy atom. The van der Waals surface area contributed by atoms with E-state index in [1.165, 1.54) is 22.4 Å². The summed E-state index contributed by atoms with van der Waals surface area (Å²) in [5.41, 5.74) is 12.6. The van der Waals surface area contributed by atoms with E-state index in [1.54, 1.807) is 0 Å². The molecule has 0 saturated carbocycles. The average molecular weight is 285 g/mol. The minimum absolute atomic E-state index is 0.0647. The van der Waals surface area contributed by atoms with Gasteiger partial charge in [0.05, 0.1) is 12.3 Å². The second-order valence-corrected chi connectivity index (χ2v) is 5.88. The molecule has 0 fully saturated rings. The van der Waals surface area contributed by atoms with Gasteiger partial charge in [0.25, 0.3) is 0 Å². The van der Waals surface area contributed by atoms with E-state index < -0.39 is 0 Å². The van der Waals surface area contributed by atoms with Gasteiger partial charge in [0.2, 0.25) is 0 Å². The predicted molar refractivity (Wildman–Crippen MR) is 83.6 cm³/mol. The highest BCUT2D eigenvalue weighted by molar-refractivity contribution is 5.40. The third kappa shape index (κ3) is 2.68. The molecule has 1 aliphatic rings. The van der Waals surface area contributed by atoms with Crippen LogP contribution in [0.3, 0.4) is 0 Å². The van der Waals surface area contributed by atoms with Gasteiger partial charge in [0.15, 0.2) is 0 Å². The molecule has 1 aromatic carbocycles. The van der Waals surface area contributed by atoms with Crippen molar-refractivity contribution in [2.24, 2.45) is 12.8 Å². The van der Waals surface area contributed by atoms with Crippen LogP contribution in [0.4, 0.5) is 0 Å². The summed E-state index contributed by atoms with van der Waals surface area (Å²) < 4.78 is 7.49. The monoisotopic (exact) mass is 285 g/mol. The van der Waals surface area contributed by atoms with Gasteiger partial charge in [0.1, 0.15) is 5.75 Å². The Bertz CT molecular complexity index is 660. The predicted octanol–water partition coefficient (Wildman–Crippen LogP) is 2.60. The summed E-state index contributed by atoms with van der Waals surface area (Å²) in [7, 11) is 1.99. The van der Waals surface area contributed by atoms with Crippen LogP contribution < -0.4 is 10.5 Å². The molecule has 21 heavy (non-hydrogen) atoms. The quantitative estimate of drug-likeness (QED) is 0.939. The fraction of sp³-hybridized carbons (Fsp3) is 0.471. The zero-order valence-corrected chi connectivity index (χ0v) is 13.0. The molecule has 3 rings (SSSR count). The van der Waals surface area contributed by atoms with Crippen molar-refractivity contribution >= 4 is 0 Å². The maximum Gasteiger partial charge on any atom is 0.122 e. The largest absolute Gasteiger partial charge is 0.493 e. The van der Waals surface area contributed by atoms with Gasteiger partial charge in [-0.1, -0.05) is 12.1 Å². The third-order valence-corrected chi connectivity index (χ3v) is 4.51. The minimum atomic E-state index is 0.0647. The van der Waals surface area contributed by atoms with Crippen molar-refractivity contribution in [1.82, 2.24) is 9.78 Å². The molecule has 1 unspecified atom stereocenters. The maximum atomic E-state index is 6.38. The number of hydrogen-bond acceptors (Lipinski definition) is 3. The van der Waals surface area contributed by atoms with Crippen LogP contribution in [-0.2, 0) is 19.9 Å². The number of ether oxygens (including phenoxy) is 1. The highest BCUT2D eigenvalue weighted by Gasteiger charge is 2.16. The van der Waals surface area contributed by atoms with Gasteiger partial charge in [0, 0.05) is 25.2 Å². The number of fused-ring (bicyclic) bond motifs is 1. The Morgan fingerprint density at radius 3 is 2.90 bits per heavy atom. The Hall–Kier alpha value is -1.81. The third-order valence-electron chi connectivity index (χ3n) is 4.51. The molecule has 1 atom stereocenters. The van der Waals surface area contributed by atoms with Crippen molar-refractivity contribution in [2.45, 2.75) is 39.2 Å². The van der Waals surface area contributed by atoms with E-state index in [9.17, 15) is 0 Å². The van der Waals surface area contributed by atoms with Crippen LogP contribution in [0, 0.1) is 13.8 Å². The van der Waals surface area contributed by atoms with Crippen LogP contribution in [0.2, 0.25) is 0 Å². The number of benzene rings is 1. The first-order valence-electron chi connectivity index (χ1n) is 7.56. The number of aryl methyl sites for hydroxylation is 2. The van der Waals surface area contributed by atoms with E-state index in [-0.39, 0.29) is 6.04 Å². The summed E-state index contributed by atoms with van der Waals surface area (Å²) in [6.07, 6.45) is 2.91. The summed E-state index contributed by atoms with van der Waals surface area (Å²) in [6, 6.07) is 6.42. The molecule has 1 aliphatic heterocycles. The van der Waals surface area contributed by atoms with Crippen LogP contribution in [-0.4, -0.2) is 16.4 Å². The smallest absolute Gasteiger partial charge is 0.122 e. The van der Waals surface area contributed by atoms with E-state index in [0.717, 1.165) is 37.3 Å². The van der Waals surface area contributed by atoms with Gasteiger partial charge >= 0.3 is 0 Å². The molecule has 112 valence electrons. The van der Waals surface area contributed by atoms with Gasteiger partial charge in [-0.15, -0.1) is 0 Å². The van der Waals surface area contributed by atoms with Gasteiger partial charge < -0.3 is 10.5 Å². The number of rotatable bonds is 4. The lowest BCUT2D eigenvalue weighted by Crippen LogP contribution is -2.12. The number of nitrogens with two attached hydrogens (primary N) is 1. The van der Waals surface area contributed by atoms with Gasteiger partial charge in [-0.05, 0) is 49.4 Å². The van der Waals surface area contributed by atoms with E-state index in [4.69, 9.17) is 10.5 Å². The van der Waals surface area contributed by atoms with Crippen molar-refractivity contribution in [3.05, 3.63) is 46.3 Å². The van der Waals surface area contributed by atoms with Crippen molar-refractivity contribution in [3.63, 3.8) is 0 Å². The van der Waals surface area contributed by atoms with Gasteiger partial charge in [-0.2, -0.15) is 5.10 Å². The first-order chi connectivity index (χ1) is 10.1. The Labute approximate surface area is 125 Å². The van der Waals surface area contributed by atoms with Crippen LogP contribution in [0.1, 0.15) is 40.5 Å². The molecule has 0 radical (unpaired) electrons. The molecule has 2 aromatic rings. The summed E-state index contributed by atoms with van der Waals surface area (Å²) in [6.45, 7) is 4.98. The first kappa shape index (κ1) is 14.1. The summed E-state index contributed by atoms with van der Waals surface area (Å²) >= 11 is 0. The first-order valence-corrected chi connectivity index (χ1v) is 7.56. The molecular formula is C17H23N3O. The van der Waals surface area contributed by atoms with Crippen molar-refractivity contribution < 1.29 is 4.74 Å². The topological polar surface area (TPSA) is 53.1 Å². The van der Waals surface area contributed by atoms with Crippen LogP contribution >= 0.6 is 0 Å². The highest BCUT2D eigenvalue weighted by atomic mass is 16.5. The molecule has 4 heteroatoms. The molecular weight excluding hydrogens is 262 g/mol. The molecule has 0 amide bonds. The molecule has 0 bridgehead atoms. The van der Waals surface area contributed by atoms with Crippen molar-refractivity contribution in [2.75, 3.05) is 6.61 Å². The summed E-state index contributed by atoms with van der Waals surface area (Å²) in [5, 5.41) is 4.47. The molecule has 0 aliphatic carbocycles. The molecule has 1 aromatic heterocycles. The van der Waals surface area contributed by atoms with Crippen LogP contribution in [0.5, 0.6) is 5.75 Å². The lowest BCUT2D eigenvalue weighted by atomic mass is 9.97. The number of nitrogens with zero attached hydrogens (tertiary/aromatic N) is 2. The summed E-state index contributed by atoms with van der Waals surface area (Å²) in [4.78, 5) is 0. The number of aromatic nitrogens is 2. The van der Waals surface area contributed by atoms with Crippen molar-refractivity contribution in [3.8, 4) is 5.75 Å². The second-order valence-electron chi connectivity index (χ2n) is 5.88. The second kappa shape index (κ2) is 5.53. The van der Waals surface area contributed by atoms with E-state index >= 15 is 0 Å². The standard InChI is InChI=1S/C17H23N3O/c1-11-15(12(2)20(3)19-11)5-6-16(18)13-4-7-17-14(10-13)8-9-21-17/h4,7,10,16H,5-6,8-9,18H2,1-3H3. The van der Waals surface area contributed by atoms with E-state index in [0.29, 0.717) is 0 Å². The Morgan fingerprint density at radius 2 is 2.19 bits per heavy atom. The van der Waals surface area contributed by atoms with E-state index in [2.05, 4.69) is 37.1 Å². The lowest BCUT2D eigenvalue weighted by molar-refractivity contribution is 0.357. The van der Waals surface area contributed by atoms with Crippen LogP contribution in [0.15, 0.2) is 18.2 Å². The zero-order valence-electron chi connectivity index (χ0n) is 13.0. The Kier molecular flexibility index (Phi) is 3.72. The molecule has 0 saturated heterocycles. The lowest BCUT2D eigenvalue weighted by Gasteiger charge is -2.13. The normalized spacial score (nSPS) is 14.9. The van der Waals surface area contributed by atoms with Crippen LogP contribution in [0.25, 0.3) is 0 Å². The fourth-order valence-electron chi connectivity index (χ4n) is 3.08. The highest BCUT2D eigenvalue weighted by Crippen LogP contribution is 2.29. The zero-order chi connectivity index (χ0) is 15.0. The molecule has 4 nitrogen and oxygen atoms in total. The maximum absolute atomic E-state index is 6.38. The minimum Gasteiger partial charge on any atom is -0.493 e. The molecule has 0 spiro atoms. The van der Waals surface area contributed by atoms with E-state index in [1.807, 2.05) is 11.7 Å². The fourth-order valence-corrected chi connectivity index (χ4v) is 3.08.